The second-order valence-corrected chi connectivity index (χ2v) is 4.32. The van der Waals surface area contributed by atoms with Crippen LogP contribution in [0.1, 0.15) is 43.9 Å². The maximum atomic E-state index is 9.89. The normalized spacial score (nSPS) is 12.6. The van der Waals surface area contributed by atoms with Crippen LogP contribution in [0, 0.1) is 6.92 Å². The van der Waals surface area contributed by atoms with Gasteiger partial charge < -0.3 is 9.84 Å². The molecule has 0 bridgehead atoms. The Morgan fingerprint density at radius 3 is 2.62 bits per heavy atom. The highest BCUT2D eigenvalue weighted by Crippen LogP contribution is 2.32. The molecule has 0 aromatic heterocycles. The number of aliphatic hydroxyl groups is 1. The Bertz CT molecular complexity index is 350. The van der Waals surface area contributed by atoms with Crippen LogP contribution in [0.25, 0.3) is 0 Å². The summed E-state index contributed by atoms with van der Waals surface area (Å²) in [5.74, 6) is 0.748. The number of rotatable bonds is 5. The van der Waals surface area contributed by atoms with E-state index in [1.165, 1.54) is 0 Å². The van der Waals surface area contributed by atoms with Gasteiger partial charge in [-0.05, 0) is 37.5 Å². The molecule has 1 aromatic carbocycles. The second-order valence-electron chi connectivity index (χ2n) is 3.91. The zero-order valence-electron chi connectivity index (χ0n) is 10.1. The molecule has 0 spiro atoms. The number of hydrogen-bond acceptors (Lipinski definition) is 2. The van der Waals surface area contributed by atoms with E-state index in [0.29, 0.717) is 18.1 Å². The third-order valence-corrected chi connectivity index (χ3v) is 2.91. The van der Waals surface area contributed by atoms with Crippen molar-refractivity contribution in [2.45, 2.75) is 39.7 Å². The lowest BCUT2D eigenvalue weighted by molar-refractivity contribution is 0.167. The Balaban J connectivity index is 3.06. The van der Waals surface area contributed by atoms with Gasteiger partial charge in [-0.3, -0.25) is 0 Å². The molecule has 0 saturated carbocycles. The molecule has 1 rings (SSSR count). The van der Waals surface area contributed by atoms with Gasteiger partial charge in [0.05, 0.1) is 12.7 Å². The van der Waals surface area contributed by atoms with Crippen molar-refractivity contribution in [3.8, 4) is 5.75 Å². The lowest BCUT2D eigenvalue weighted by atomic mass is 10.0. The van der Waals surface area contributed by atoms with Crippen LogP contribution in [0.15, 0.2) is 12.1 Å². The molecule has 1 N–H and O–H groups in total. The van der Waals surface area contributed by atoms with Gasteiger partial charge in [0, 0.05) is 10.6 Å². The van der Waals surface area contributed by atoms with Gasteiger partial charge in [-0.2, -0.15) is 0 Å². The van der Waals surface area contributed by atoms with Crippen LogP contribution in [0.3, 0.4) is 0 Å². The van der Waals surface area contributed by atoms with Crippen LogP contribution >= 0.6 is 11.6 Å². The van der Waals surface area contributed by atoms with Crippen LogP contribution in [-0.4, -0.2) is 11.7 Å². The van der Waals surface area contributed by atoms with E-state index >= 15 is 0 Å². The maximum Gasteiger partial charge on any atom is 0.125 e. The van der Waals surface area contributed by atoms with Crippen molar-refractivity contribution in [2.75, 3.05) is 6.61 Å². The van der Waals surface area contributed by atoms with E-state index in [2.05, 4.69) is 6.92 Å². The third-order valence-electron chi connectivity index (χ3n) is 2.50. The molecule has 0 radical (unpaired) electrons. The molecule has 0 aliphatic rings. The van der Waals surface area contributed by atoms with E-state index < -0.39 is 6.10 Å². The average Bonchev–Trinajstić information content (AvgIpc) is 2.29. The summed E-state index contributed by atoms with van der Waals surface area (Å²) in [6.45, 7) is 6.58. The van der Waals surface area contributed by atoms with Crippen LogP contribution in [0.5, 0.6) is 5.75 Å². The number of aliphatic hydroxyl groups excluding tert-OH is 1. The largest absolute Gasteiger partial charge is 0.493 e. The van der Waals surface area contributed by atoms with Crippen LogP contribution < -0.4 is 4.74 Å². The summed E-state index contributed by atoms with van der Waals surface area (Å²) in [6, 6.07) is 3.70. The minimum Gasteiger partial charge on any atom is -0.493 e. The molecule has 90 valence electrons. The summed E-state index contributed by atoms with van der Waals surface area (Å²) < 4.78 is 5.63. The minimum absolute atomic E-state index is 0.509. The van der Waals surface area contributed by atoms with Crippen molar-refractivity contribution in [2.24, 2.45) is 0 Å². The zero-order valence-corrected chi connectivity index (χ0v) is 10.8. The quantitative estimate of drug-likeness (QED) is 0.849. The Kier molecular flexibility index (Phi) is 5.10. The standard InChI is InChI=1S/C13H19ClO2/c1-4-6-16-13-7-9(3)11(14)8-10(13)12(15)5-2/h7-8,12,15H,4-6H2,1-3H3. The van der Waals surface area contributed by atoms with Gasteiger partial charge >= 0.3 is 0 Å². The van der Waals surface area contributed by atoms with E-state index in [4.69, 9.17) is 16.3 Å². The van der Waals surface area contributed by atoms with Gasteiger partial charge in [-0.15, -0.1) is 0 Å². The molecule has 0 saturated heterocycles. The summed E-state index contributed by atoms with van der Waals surface area (Å²) in [4.78, 5) is 0. The molecule has 0 heterocycles. The van der Waals surface area contributed by atoms with E-state index in [9.17, 15) is 5.11 Å². The fourth-order valence-electron chi connectivity index (χ4n) is 1.49. The van der Waals surface area contributed by atoms with Crippen LogP contribution in [0.2, 0.25) is 5.02 Å². The maximum absolute atomic E-state index is 9.89. The molecule has 16 heavy (non-hydrogen) atoms. The lowest BCUT2D eigenvalue weighted by Crippen LogP contribution is -2.03. The van der Waals surface area contributed by atoms with E-state index in [1.54, 1.807) is 6.07 Å². The second kappa shape index (κ2) is 6.12. The van der Waals surface area contributed by atoms with Crippen molar-refractivity contribution in [3.63, 3.8) is 0 Å². The topological polar surface area (TPSA) is 29.5 Å². The highest BCUT2D eigenvalue weighted by molar-refractivity contribution is 6.31. The van der Waals surface area contributed by atoms with Gasteiger partial charge in [0.15, 0.2) is 0 Å². The zero-order chi connectivity index (χ0) is 12.1. The Hall–Kier alpha value is -0.730. The number of ether oxygens (including phenoxy) is 1. The van der Waals surface area contributed by atoms with Crippen molar-refractivity contribution >= 4 is 11.6 Å². The van der Waals surface area contributed by atoms with Crippen molar-refractivity contribution in [1.29, 1.82) is 0 Å². The first-order valence-corrected chi connectivity index (χ1v) is 6.08. The van der Waals surface area contributed by atoms with Gasteiger partial charge in [0.1, 0.15) is 5.75 Å². The van der Waals surface area contributed by atoms with Gasteiger partial charge in [-0.1, -0.05) is 25.4 Å². The first-order chi connectivity index (χ1) is 7.60. The minimum atomic E-state index is -0.509. The first kappa shape index (κ1) is 13.3. The Labute approximate surface area is 102 Å². The molecule has 0 aliphatic carbocycles. The summed E-state index contributed by atoms with van der Waals surface area (Å²) in [5, 5.41) is 10.6. The molecule has 0 fully saturated rings. The van der Waals surface area contributed by atoms with E-state index in [-0.39, 0.29) is 0 Å². The fourth-order valence-corrected chi connectivity index (χ4v) is 1.66. The monoisotopic (exact) mass is 242 g/mol. The number of halogens is 1. The first-order valence-electron chi connectivity index (χ1n) is 5.71. The summed E-state index contributed by atoms with van der Waals surface area (Å²) >= 11 is 6.05. The molecule has 3 heteroatoms. The number of hydrogen-bond donors (Lipinski definition) is 1. The number of benzene rings is 1. The van der Waals surface area contributed by atoms with Gasteiger partial charge in [-0.25, -0.2) is 0 Å². The predicted octanol–water partition coefficient (Wildman–Crippen LogP) is 3.88. The third kappa shape index (κ3) is 3.13. The van der Waals surface area contributed by atoms with Crippen molar-refractivity contribution < 1.29 is 9.84 Å². The van der Waals surface area contributed by atoms with Crippen LogP contribution in [-0.2, 0) is 0 Å². The summed E-state index contributed by atoms with van der Waals surface area (Å²) in [5.41, 5.74) is 1.76. The van der Waals surface area contributed by atoms with Gasteiger partial charge in [0.2, 0.25) is 0 Å². The molecule has 2 nitrogen and oxygen atoms in total. The molecule has 1 aromatic rings. The molecule has 1 unspecified atom stereocenters. The van der Waals surface area contributed by atoms with Gasteiger partial charge in [0.25, 0.3) is 0 Å². The highest BCUT2D eigenvalue weighted by atomic mass is 35.5. The highest BCUT2D eigenvalue weighted by Gasteiger charge is 2.14. The van der Waals surface area contributed by atoms with E-state index in [0.717, 1.165) is 23.3 Å². The molecule has 0 amide bonds. The lowest BCUT2D eigenvalue weighted by Gasteiger charge is -2.16. The van der Waals surface area contributed by atoms with E-state index in [1.807, 2.05) is 19.9 Å². The van der Waals surface area contributed by atoms with Crippen molar-refractivity contribution in [3.05, 3.63) is 28.3 Å². The molecule has 1 atom stereocenters. The summed E-state index contributed by atoms with van der Waals surface area (Å²) in [6.07, 6.45) is 1.09. The predicted molar refractivity (Wildman–Crippen MR) is 67.2 cm³/mol. The fraction of sp³-hybridized carbons (Fsp3) is 0.538. The molecular weight excluding hydrogens is 224 g/mol. The van der Waals surface area contributed by atoms with Crippen molar-refractivity contribution in [1.82, 2.24) is 0 Å². The van der Waals surface area contributed by atoms with Crippen LogP contribution in [0.4, 0.5) is 0 Å². The number of aryl methyl sites for hydroxylation is 1. The summed E-state index contributed by atoms with van der Waals surface area (Å²) in [7, 11) is 0. The SMILES string of the molecule is CCCOc1cc(C)c(Cl)cc1C(O)CC. The Morgan fingerprint density at radius 2 is 2.06 bits per heavy atom. The molecular formula is C13H19ClO2. The smallest absolute Gasteiger partial charge is 0.125 e. The molecule has 0 aliphatic heterocycles. The Morgan fingerprint density at radius 1 is 1.38 bits per heavy atom. The average molecular weight is 243 g/mol.